The van der Waals surface area contributed by atoms with Crippen LogP contribution in [0.1, 0.15) is 12.0 Å². The van der Waals surface area contributed by atoms with E-state index in [-0.39, 0.29) is 5.91 Å². The third-order valence-corrected chi connectivity index (χ3v) is 4.63. The standard InChI is InChI=1S/C19H28N4O2/c24-19(6-7-20-9-10-23-11-13-25-14-12-23)21-8-5-16-15-22-18-4-2-1-3-17(16)18/h1-4,15,20,22H,5-14H2,(H,21,24). The SMILES string of the molecule is O=C(CCNCCN1CCOCC1)NCCc1c[nH]c2ccccc12. The molecule has 0 bridgehead atoms. The molecule has 0 spiro atoms. The Balaban J connectivity index is 1.25. The summed E-state index contributed by atoms with van der Waals surface area (Å²) in [7, 11) is 0. The van der Waals surface area contributed by atoms with Crippen LogP contribution in [0.3, 0.4) is 0 Å². The van der Waals surface area contributed by atoms with Crippen LogP contribution >= 0.6 is 0 Å². The van der Waals surface area contributed by atoms with Crippen LogP contribution in [-0.2, 0) is 16.0 Å². The van der Waals surface area contributed by atoms with Gasteiger partial charge < -0.3 is 20.4 Å². The lowest BCUT2D eigenvalue weighted by Gasteiger charge is -2.26. The van der Waals surface area contributed by atoms with Gasteiger partial charge in [0.05, 0.1) is 13.2 Å². The Morgan fingerprint density at radius 1 is 1.16 bits per heavy atom. The maximum Gasteiger partial charge on any atom is 0.221 e. The summed E-state index contributed by atoms with van der Waals surface area (Å²) in [5.74, 6) is 0.110. The summed E-state index contributed by atoms with van der Waals surface area (Å²) < 4.78 is 5.33. The molecule has 0 unspecified atom stereocenters. The number of amides is 1. The molecular formula is C19H28N4O2. The van der Waals surface area contributed by atoms with Gasteiger partial charge in [-0.2, -0.15) is 0 Å². The lowest BCUT2D eigenvalue weighted by atomic mass is 10.1. The van der Waals surface area contributed by atoms with Gasteiger partial charge in [-0.25, -0.2) is 0 Å². The van der Waals surface area contributed by atoms with E-state index in [1.807, 2.05) is 18.3 Å². The van der Waals surface area contributed by atoms with Crippen LogP contribution in [-0.4, -0.2) is 68.3 Å². The molecule has 1 saturated heterocycles. The molecule has 136 valence electrons. The molecule has 1 fully saturated rings. The van der Waals surface area contributed by atoms with Gasteiger partial charge in [-0.1, -0.05) is 18.2 Å². The minimum Gasteiger partial charge on any atom is -0.379 e. The molecule has 0 saturated carbocycles. The molecule has 1 aromatic carbocycles. The maximum absolute atomic E-state index is 11.9. The van der Waals surface area contributed by atoms with Crippen LogP contribution in [0.4, 0.5) is 0 Å². The summed E-state index contributed by atoms with van der Waals surface area (Å²) in [5.41, 5.74) is 2.40. The smallest absolute Gasteiger partial charge is 0.221 e. The largest absolute Gasteiger partial charge is 0.379 e. The van der Waals surface area contributed by atoms with Gasteiger partial charge in [-0.05, 0) is 18.1 Å². The van der Waals surface area contributed by atoms with Crippen molar-refractivity contribution in [3.05, 3.63) is 36.0 Å². The van der Waals surface area contributed by atoms with E-state index >= 15 is 0 Å². The summed E-state index contributed by atoms with van der Waals surface area (Å²) in [6.45, 7) is 7.02. The summed E-state index contributed by atoms with van der Waals surface area (Å²) in [5, 5.41) is 7.59. The number of nitrogens with one attached hydrogen (secondary N) is 3. The molecule has 3 rings (SSSR count). The van der Waals surface area contributed by atoms with Crippen LogP contribution in [0.25, 0.3) is 10.9 Å². The van der Waals surface area contributed by atoms with Crippen molar-refractivity contribution >= 4 is 16.8 Å². The number of H-pyrrole nitrogens is 1. The summed E-state index contributed by atoms with van der Waals surface area (Å²) >= 11 is 0. The average molecular weight is 344 g/mol. The van der Waals surface area contributed by atoms with Crippen LogP contribution < -0.4 is 10.6 Å². The quantitative estimate of drug-likeness (QED) is 0.597. The maximum atomic E-state index is 11.9. The van der Waals surface area contributed by atoms with E-state index < -0.39 is 0 Å². The molecule has 0 radical (unpaired) electrons. The molecule has 2 aromatic rings. The predicted molar refractivity (Wildman–Crippen MR) is 99.8 cm³/mol. The van der Waals surface area contributed by atoms with Gasteiger partial charge in [0, 0.05) is 62.8 Å². The van der Waals surface area contributed by atoms with E-state index in [1.165, 1.54) is 10.9 Å². The molecule has 6 heteroatoms. The molecule has 2 heterocycles. The molecular weight excluding hydrogens is 316 g/mol. The number of hydrogen-bond acceptors (Lipinski definition) is 4. The highest BCUT2D eigenvalue weighted by Gasteiger charge is 2.09. The van der Waals surface area contributed by atoms with Crippen molar-refractivity contribution in [3.63, 3.8) is 0 Å². The first-order chi connectivity index (χ1) is 12.3. The zero-order chi connectivity index (χ0) is 17.3. The van der Waals surface area contributed by atoms with E-state index in [9.17, 15) is 4.79 Å². The fraction of sp³-hybridized carbons (Fsp3) is 0.526. The number of carbonyl (C=O) groups is 1. The lowest BCUT2D eigenvalue weighted by Crippen LogP contribution is -2.40. The highest BCUT2D eigenvalue weighted by atomic mass is 16.5. The normalized spacial score (nSPS) is 15.5. The van der Waals surface area contributed by atoms with Crippen molar-refractivity contribution in [1.29, 1.82) is 0 Å². The van der Waals surface area contributed by atoms with Crippen molar-refractivity contribution in [1.82, 2.24) is 20.5 Å². The van der Waals surface area contributed by atoms with Crippen LogP contribution in [0, 0.1) is 0 Å². The highest BCUT2D eigenvalue weighted by Crippen LogP contribution is 2.17. The second-order valence-electron chi connectivity index (χ2n) is 6.41. The Hall–Kier alpha value is -1.89. The van der Waals surface area contributed by atoms with Crippen LogP contribution in [0.15, 0.2) is 30.5 Å². The second kappa shape index (κ2) is 9.56. The topological polar surface area (TPSA) is 69.4 Å². The summed E-state index contributed by atoms with van der Waals surface area (Å²) in [6.07, 6.45) is 3.40. The molecule has 1 amide bonds. The summed E-state index contributed by atoms with van der Waals surface area (Å²) in [4.78, 5) is 17.6. The van der Waals surface area contributed by atoms with E-state index in [0.717, 1.165) is 57.9 Å². The third kappa shape index (κ3) is 5.56. The molecule has 3 N–H and O–H groups in total. The van der Waals surface area contributed by atoms with Gasteiger partial charge in [-0.15, -0.1) is 0 Å². The summed E-state index contributed by atoms with van der Waals surface area (Å²) in [6, 6.07) is 8.25. The predicted octanol–water partition coefficient (Wildman–Crippen LogP) is 1.14. The minimum absolute atomic E-state index is 0.110. The van der Waals surface area contributed by atoms with Crippen molar-refractivity contribution in [2.24, 2.45) is 0 Å². The Morgan fingerprint density at radius 3 is 2.88 bits per heavy atom. The number of carbonyl (C=O) groups excluding carboxylic acids is 1. The Bertz CT molecular complexity index is 664. The van der Waals surface area contributed by atoms with E-state index in [4.69, 9.17) is 4.74 Å². The lowest BCUT2D eigenvalue weighted by molar-refractivity contribution is -0.120. The first kappa shape index (κ1) is 17.9. The van der Waals surface area contributed by atoms with Crippen molar-refractivity contribution < 1.29 is 9.53 Å². The van der Waals surface area contributed by atoms with E-state index in [0.29, 0.717) is 13.0 Å². The molecule has 25 heavy (non-hydrogen) atoms. The number of hydrogen-bond donors (Lipinski definition) is 3. The fourth-order valence-electron chi connectivity index (χ4n) is 3.15. The molecule has 0 aliphatic carbocycles. The average Bonchev–Trinajstić information content (AvgIpc) is 3.06. The van der Waals surface area contributed by atoms with Crippen LogP contribution in [0.2, 0.25) is 0 Å². The number of fused-ring (bicyclic) bond motifs is 1. The number of ether oxygens (including phenoxy) is 1. The number of aromatic amines is 1. The number of aromatic nitrogens is 1. The van der Waals surface area contributed by atoms with Crippen molar-refractivity contribution in [2.75, 3.05) is 52.5 Å². The molecule has 1 aliphatic rings. The zero-order valence-electron chi connectivity index (χ0n) is 14.7. The number of para-hydroxylation sites is 1. The first-order valence-electron chi connectivity index (χ1n) is 9.15. The molecule has 6 nitrogen and oxygen atoms in total. The Morgan fingerprint density at radius 2 is 2.00 bits per heavy atom. The highest BCUT2D eigenvalue weighted by molar-refractivity contribution is 5.83. The number of rotatable bonds is 9. The van der Waals surface area contributed by atoms with Gasteiger partial charge in [-0.3, -0.25) is 9.69 Å². The number of morpholine rings is 1. The number of nitrogens with zero attached hydrogens (tertiary/aromatic N) is 1. The number of benzene rings is 1. The van der Waals surface area contributed by atoms with Crippen LogP contribution in [0.5, 0.6) is 0 Å². The monoisotopic (exact) mass is 344 g/mol. The first-order valence-corrected chi connectivity index (χ1v) is 9.15. The van der Waals surface area contributed by atoms with Gasteiger partial charge in [0.1, 0.15) is 0 Å². The molecule has 1 aromatic heterocycles. The van der Waals surface area contributed by atoms with Crippen molar-refractivity contribution in [3.8, 4) is 0 Å². The van der Waals surface area contributed by atoms with Gasteiger partial charge in [0.25, 0.3) is 0 Å². The molecule has 0 atom stereocenters. The Kier molecular flexibility index (Phi) is 6.85. The van der Waals surface area contributed by atoms with Gasteiger partial charge in [0.15, 0.2) is 0 Å². The second-order valence-corrected chi connectivity index (χ2v) is 6.41. The fourth-order valence-corrected chi connectivity index (χ4v) is 3.15. The van der Waals surface area contributed by atoms with Gasteiger partial charge in [0.2, 0.25) is 5.91 Å². The minimum atomic E-state index is 0.110. The zero-order valence-corrected chi connectivity index (χ0v) is 14.7. The third-order valence-electron chi connectivity index (χ3n) is 4.63. The van der Waals surface area contributed by atoms with Gasteiger partial charge >= 0.3 is 0 Å². The van der Waals surface area contributed by atoms with Crippen molar-refractivity contribution in [2.45, 2.75) is 12.8 Å². The molecule has 1 aliphatic heterocycles. The van der Waals surface area contributed by atoms with E-state index in [1.54, 1.807) is 0 Å². The Labute approximate surface area is 148 Å². The van der Waals surface area contributed by atoms with E-state index in [2.05, 4.69) is 32.7 Å².